The van der Waals surface area contributed by atoms with Gasteiger partial charge in [0.25, 0.3) is 0 Å². The molecule has 0 atom stereocenters. The van der Waals surface area contributed by atoms with Crippen LogP contribution in [0.3, 0.4) is 0 Å². The zero-order valence-electron chi connectivity index (χ0n) is 5.41. The van der Waals surface area contributed by atoms with E-state index in [9.17, 15) is 4.79 Å². The first kappa shape index (κ1) is 6.81. The standard InChI is InChI=1S/C8H7O2/c1-10-8-4-2-7(6-9)3-5-8/h2-6H,1H2. The van der Waals surface area contributed by atoms with Gasteiger partial charge in [-0.3, -0.25) is 4.79 Å². The summed E-state index contributed by atoms with van der Waals surface area (Å²) in [5, 5.41) is 0. The van der Waals surface area contributed by atoms with E-state index in [0.717, 1.165) is 6.29 Å². The second kappa shape index (κ2) is 3.01. The van der Waals surface area contributed by atoms with Gasteiger partial charge < -0.3 is 4.74 Å². The highest BCUT2D eigenvalue weighted by Crippen LogP contribution is 2.09. The summed E-state index contributed by atoms with van der Waals surface area (Å²) in [7, 11) is 3.22. The van der Waals surface area contributed by atoms with E-state index in [0.29, 0.717) is 11.3 Å². The van der Waals surface area contributed by atoms with Crippen molar-refractivity contribution in [1.82, 2.24) is 0 Å². The molecule has 0 aliphatic carbocycles. The minimum Gasteiger partial charge on any atom is -0.490 e. The summed E-state index contributed by atoms with van der Waals surface area (Å²) < 4.78 is 4.65. The molecule has 1 radical (unpaired) electrons. The normalized spacial score (nSPS) is 8.90. The average molecular weight is 135 g/mol. The molecule has 0 aliphatic heterocycles. The lowest BCUT2D eigenvalue weighted by atomic mass is 10.2. The van der Waals surface area contributed by atoms with Gasteiger partial charge in [-0.05, 0) is 24.3 Å². The second-order valence-corrected chi connectivity index (χ2v) is 1.83. The molecule has 2 heteroatoms. The number of carbonyl (C=O) groups is 1. The zero-order chi connectivity index (χ0) is 7.40. The van der Waals surface area contributed by atoms with Gasteiger partial charge in [0.15, 0.2) is 0 Å². The molecular formula is C8H7O2. The predicted octanol–water partition coefficient (Wildman–Crippen LogP) is 1.67. The Balaban J connectivity index is 2.90. The van der Waals surface area contributed by atoms with Crippen molar-refractivity contribution in [3.05, 3.63) is 36.9 Å². The highest BCUT2D eigenvalue weighted by Gasteiger charge is 1.89. The van der Waals surface area contributed by atoms with Gasteiger partial charge in [0.05, 0.1) is 0 Å². The van der Waals surface area contributed by atoms with Gasteiger partial charge in [-0.1, -0.05) is 0 Å². The van der Waals surface area contributed by atoms with Crippen LogP contribution in [-0.2, 0) is 0 Å². The molecule has 0 spiro atoms. The van der Waals surface area contributed by atoms with E-state index in [1.807, 2.05) is 0 Å². The molecule has 0 N–H and O–H groups in total. The van der Waals surface area contributed by atoms with Crippen LogP contribution in [0, 0.1) is 7.11 Å². The van der Waals surface area contributed by atoms with Crippen LogP contribution < -0.4 is 4.74 Å². The van der Waals surface area contributed by atoms with Crippen molar-refractivity contribution in [2.75, 3.05) is 0 Å². The monoisotopic (exact) mass is 135 g/mol. The highest BCUT2D eigenvalue weighted by atomic mass is 16.5. The summed E-state index contributed by atoms with van der Waals surface area (Å²) in [6.45, 7) is 0. The van der Waals surface area contributed by atoms with Crippen molar-refractivity contribution < 1.29 is 9.53 Å². The van der Waals surface area contributed by atoms with Crippen LogP contribution in [0.1, 0.15) is 10.4 Å². The fraction of sp³-hybridized carbons (Fsp3) is 0. The first-order chi connectivity index (χ1) is 4.86. The van der Waals surface area contributed by atoms with Crippen molar-refractivity contribution in [2.24, 2.45) is 0 Å². The molecule has 0 bridgehead atoms. The van der Waals surface area contributed by atoms with Crippen LogP contribution in [0.4, 0.5) is 0 Å². The Morgan fingerprint density at radius 1 is 1.30 bits per heavy atom. The van der Waals surface area contributed by atoms with Crippen molar-refractivity contribution >= 4 is 6.29 Å². The largest absolute Gasteiger partial charge is 0.490 e. The molecule has 0 aromatic heterocycles. The lowest BCUT2D eigenvalue weighted by molar-refractivity contribution is 0.112. The average Bonchev–Trinajstić information content (AvgIpc) is 2.05. The zero-order valence-corrected chi connectivity index (χ0v) is 5.41. The first-order valence-electron chi connectivity index (χ1n) is 2.84. The number of hydrogen-bond acceptors (Lipinski definition) is 2. The summed E-state index contributed by atoms with van der Waals surface area (Å²) in [5.74, 6) is 0.658. The number of ether oxygens (including phenoxy) is 1. The van der Waals surface area contributed by atoms with Crippen molar-refractivity contribution in [3.8, 4) is 5.75 Å². The highest BCUT2D eigenvalue weighted by molar-refractivity contribution is 5.74. The molecule has 0 saturated carbocycles. The van der Waals surface area contributed by atoms with E-state index in [1.54, 1.807) is 24.3 Å². The summed E-state index contributed by atoms with van der Waals surface area (Å²) in [4.78, 5) is 10.1. The van der Waals surface area contributed by atoms with E-state index in [2.05, 4.69) is 11.8 Å². The molecule has 1 aromatic carbocycles. The van der Waals surface area contributed by atoms with Gasteiger partial charge in [0.2, 0.25) is 0 Å². The summed E-state index contributed by atoms with van der Waals surface area (Å²) in [6, 6.07) is 6.73. The quantitative estimate of drug-likeness (QED) is 0.576. The SMILES string of the molecule is [CH2]Oc1ccc(C=O)cc1. The third kappa shape index (κ3) is 1.35. The Labute approximate surface area is 59.4 Å². The number of rotatable bonds is 2. The number of benzene rings is 1. The molecule has 0 heterocycles. The maximum Gasteiger partial charge on any atom is 0.150 e. The Bertz CT molecular complexity index is 213. The third-order valence-electron chi connectivity index (χ3n) is 1.18. The molecule has 0 amide bonds. The summed E-state index contributed by atoms with van der Waals surface area (Å²) in [6.07, 6.45) is 0.785. The van der Waals surface area contributed by atoms with Crippen LogP contribution in [0.15, 0.2) is 24.3 Å². The Kier molecular flexibility index (Phi) is 2.05. The van der Waals surface area contributed by atoms with E-state index in [-0.39, 0.29) is 0 Å². The fourth-order valence-corrected chi connectivity index (χ4v) is 0.643. The van der Waals surface area contributed by atoms with E-state index in [1.165, 1.54) is 0 Å². The lowest BCUT2D eigenvalue weighted by Crippen LogP contribution is -1.80. The fourth-order valence-electron chi connectivity index (χ4n) is 0.643. The summed E-state index contributed by atoms with van der Waals surface area (Å²) in [5.41, 5.74) is 0.640. The van der Waals surface area contributed by atoms with Crippen molar-refractivity contribution in [1.29, 1.82) is 0 Å². The minimum absolute atomic E-state index is 0.640. The van der Waals surface area contributed by atoms with E-state index >= 15 is 0 Å². The molecule has 1 rings (SSSR count). The lowest BCUT2D eigenvalue weighted by Gasteiger charge is -1.96. The molecule has 0 unspecified atom stereocenters. The van der Waals surface area contributed by atoms with Gasteiger partial charge in [0.1, 0.15) is 19.1 Å². The van der Waals surface area contributed by atoms with Gasteiger partial charge >= 0.3 is 0 Å². The van der Waals surface area contributed by atoms with E-state index in [4.69, 9.17) is 0 Å². The maximum absolute atomic E-state index is 10.1. The molecule has 51 valence electrons. The smallest absolute Gasteiger partial charge is 0.150 e. The molecule has 2 nitrogen and oxygen atoms in total. The molecule has 0 fully saturated rings. The van der Waals surface area contributed by atoms with Crippen LogP contribution in [0.5, 0.6) is 5.75 Å². The van der Waals surface area contributed by atoms with Crippen LogP contribution in [0.2, 0.25) is 0 Å². The number of carbonyl (C=O) groups excluding carboxylic acids is 1. The molecular weight excluding hydrogens is 128 g/mol. The second-order valence-electron chi connectivity index (χ2n) is 1.83. The predicted molar refractivity (Wildman–Crippen MR) is 37.8 cm³/mol. The van der Waals surface area contributed by atoms with Crippen molar-refractivity contribution in [3.63, 3.8) is 0 Å². The van der Waals surface area contributed by atoms with E-state index < -0.39 is 0 Å². The Hall–Kier alpha value is -1.31. The van der Waals surface area contributed by atoms with Crippen LogP contribution in [0.25, 0.3) is 0 Å². The Morgan fingerprint density at radius 3 is 2.30 bits per heavy atom. The van der Waals surface area contributed by atoms with Crippen LogP contribution >= 0.6 is 0 Å². The van der Waals surface area contributed by atoms with Gasteiger partial charge in [0, 0.05) is 5.56 Å². The number of aldehydes is 1. The minimum atomic E-state index is 0.640. The molecule has 0 saturated heterocycles. The summed E-state index contributed by atoms with van der Waals surface area (Å²) >= 11 is 0. The molecule has 10 heavy (non-hydrogen) atoms. The van der Waals surface area contributed by atoms with Crippen LogP contribution in [-0.4, -0.2) is 6.29 Å². The molecule has 1 aromatic rings. The first-order valence-corrected chi connectivity index (χ1v) is 2.84. The van der Waals surface area contributed by atoms with Crippen molar-refractivity contribution in [2.45, 2.75) is 0 Å². The Morgan fingerprint density at radius 2 is 1.90 bits per heavy atom. The molecule has 0 aliphatic rings. The van der Waals surface area contributed by atoms with Gasteiger partial charge in [-0.2, -0.15) is 0 Å². The van der Waals surface area contributed by atoms with Gasteiger partial charge in [-0.25, -0.2) is 0 Å². The topological polar surface area (TPSA) is 26.3 Å². The number of hydrogen-bond donors (Lipinski definition) is 0. The van der Waals surface area contributed by atoms with Gasteiger partial charge in [-0.15, -0.1) is 0 Å². The maximum atomic E-state index is 10.1. The third-order valence-corrected chi connectivity index (χ3v) is 1.18.